The Morgan fingerprint density at radius 2 is 1.76 bits per heavy atom. The molecule has 2 rings (SSSR count). The van der Waals surface area contributed by atoms with Crippen molar-refractivity contribution in [1.29, 1.82) is 0 Å². The fraction of sp³-hybridized carbons (Fsp3) is 0.188. The summed E-state index contributed by atoms with van der Waals surface area (Å²) in [7, 11) is 3.28. The van der Waals surface area contributed by atoms with Crippen molar-refractivity contribution in [2.24, 2.45) is 4.99 Å². The van der Waals surface area contributed by atoms with Crippen molar-refractivity contribution < 1.29 is 9.47 Å². The average Bonchev–Trinajstić information content (AvgIpc) is 2.55. The Balaban J connectivity index is 1.87. The van der Waals surface area contributed by atoms with E-state index in [0.29, 0.717) is 11.8 Å². The molecule has 2 aromatic carbocycles. The first kappa shape index (κ1) is 15.4. The topological polar surface area (TPSA) is 42.8 Å². The van der Waals surface area contributed by atoms with E-state index in [1.54, 1.807) is 14.2 Å². The molecule has 4 nitrogen and oxygen atoms in total. The molecule has 5 heteroatoms. The summed E-state index contributed by atoms with van der Waals surface area (Å²) in [6, 6.07) is 17.6. The van der Waals surface area contributed by atoms with Gasteiger partial charge in [0.25, 0.3) is 5.23 Å². The number of hydrogen-bond acceptors (Lipinski definition) is 5. The quantitative estimate of drug-likeness (QED) is 0.519. The number of ether oxygens (including phenoxy) is 2. The zero-order valence-electron chi connectivity index (χ0n) is 12.1. The van der Waals surface area contributed by atoms with Gasteiger partial charge in [-0.1, -0.05) is 30.3 Å². The molecule has 2 aromatic rings. The van der Waals surface area contributed by atoms with Crippen LogP contribution in [0.1, 0.15) is 5.56 Å². The van der Waals surface area contributed by atoms with Crippen LogP contribution in [0.2, 0.25) is 0 Å². The minimum Gasteiger partial charge on any atom is -0.497 e. The minimum atomic E-state index is 0.578. The molecule has 0 radical (unpaired) electrons. The van der Waals surface area contributed by atoms with E-state index in [1.807, 2.05) is 54.6 Å². The van der Waals surface area contributed by atoms with Crippen molar-refractivity contribution in [2.75, 3.05) is 14.2 Å². The summed E-state index contributed by atoms with van der Waals surface area (Å²) in [6.07, 6.45) is 0. The Labute approximate surface area is 129 Å². The first-order valence-electron chi connectivity index (χ1n) is 6.52. The molecule has 0 heterocycles. The highest BCUT2D eigenvalue weighted by Crippen LogP contribution is 2.15. The van der Waals surface area contributed by atoms with Crippen LogP contribution < -0.4 is 9.46 Å². The SMILES string of the molecule is COC(=Nc1ccccc1)SNCc1ccc(OC)cc1. The standard InChI is InChI=1S/C16H18N2O2S/c1-19-15-10-8-13(9-11-15)12-17-21-16(20-2)18-14-6-4-3-5-7-14/h3-11,17H,12H2,1-2H3. The van der Waals surface area contributed by atoms with E-state index in [9.17, 15) is 0 Å². The third-order valence-corrected chi connectivity index (χ3v) is 3.47. The molecule has 0 saturated carbocycles. The van der Waals surface area contributed by atoms with Crippen LogP contribution in [0.3, 0.4) is 0 Å². The van der Waals surface area contributed by atoms with E-state index in [2.05, 4.69) is 9.71 Å². The smallest absolute Gasteiger partial charge is 0.266 e. The van der Waals surface area contributed by atoms with Crippen molar-refractivity contribution >= 4 is 22.9 Å². The van der Waals surface area contributed by atoms with Gasteiger partial charge < -0.3 is 9.47 Å². The highest BCUT2D eigenvalue weighted by atomic mass is 32.2. The lowest BCUT2D eigenvalue weighted by molar-refractivity contribution is 0.414. The predicted molar refractivity (Wildman–Crippen MR) is 88.0 cm³/mol. The molecule has 1 N–H and O–H groups in total. The van der Waals surface area contributed by atoms with Crippen LogP contribution in [-0.4, -0.2) is 19.4 Å². The van der Waals surface area contributed by atoms with Gasteiger partial charge in [-0.15, -0.1) is 0 Å². The number of hydrogen-bond donors (Lipinski definition) is 1. The van der Waals surface area contributed by atoms with Gasteiger partial charge in [-0.3, -0.25) is 4.72 Å². The molecule has 0 unspecified atom stereocenters. The summed E-state index contributed by atoms with van der Waals surface area (Å²) in [5.41, 5.74) is 2.03. The van der Waals surface area contributed by atoms with Crippen molar-refractivity contribution in [1.82, 2.24) is 4.72 Å². The molecule has 21 heavy (non-hydrogen) atoms. The molecule has 0 fully saturated rings. The van der Waals surface area contributed by atoms with Gasteiger partial charge in [-0.05, 0) is 29.8 Å². The molecule has 0 spiro atoms. The lowest BCUT2D eigenvalue weighted by atomic mass is 10.2. The van der Waals surface area contributed by atoms with Gasteiger partial charge in [0.15, 0.2) is 0 Å². The first-order valence-corrected chi connectivity index (χ1v) is 7.34. The maximum atomic E-state index is 5.26. The maximum absolute atomic E-state index is 5.26. The summed E-state index contributed by atoms with van der Waals surface area (Å²) in [4.78, 5) is 4.41. The van der Waals surface area contributed by atoms with Gasteiger partial charge in [0.1, 0.15) is 5.75 Å². The molecular weight excluding hydrogens is 284 g/mol. The van der Waals surface area contributed by atoms with Gasteiger partial charge in [-0.25, -0.2) is 4.99 Å². The summed E-state index contributed by atoms with van der Waals surface area (Å²) in [5, 5.41) is 0.578. The lowest BCUT2D eigenvalue weighted by Gasteiger charge is -2.07. The third kappa shape index (κ3) is 5.13. The van der Waals surface area contributed by atoms with Gasteiger partial charge in [0.05, 0.1) is 19.9 Å². The van der Waals surface area contributed by atoms with Crippen LogP contribution in [0.15, 0.2) is 59.6 Å². The van der Waals surface area contributed by atoms with Crippen LogP contribution in [-0.2, 0) is 11.3 Å². The molecule has 0 aliphatic rings. The number of nitrogens with zero attached hydrogens (tertiary/aromatic N) is 1. The summed E-state index contributed by atoms with van der Waals surface area (Å²) in [6.45, 7) is 0.714. The first-order chi connectivity index (χ1) is 10.3. The fourth-order valence-corrected chi connectivity index (χ4v) is 2.24. The van der Waals surface area contributed by atoms with Crippen LogP contribution in [0, 0.1) is 0 Å². The second-order valence-electron chi connectivity index (χ2n) is 4.19. The molecule has 0 amide bonds. The zero-order valence-corrected chi connectivity index (χ0v) is 12.9. The molecular formula is C16H18N2O2S. The highest BCUT2D eigenvalue weighted by molar-refractivity contribution is 8.11. The molecule has 110 valence electrons. The second kappa shape index (κ2) is 8.34. The van der Waals surface area contributed by atoms with E-state index in [1.165, 1.54) is 17.5 Å². The molecule has 0 saturated heterocycles. The number of benzene rings is 2. The van der Waals surface area contributed by atoms with Crippen LogP contribution in [0.4, 0.5) is 5.69 Å². The van der Waals surface area contributed by atoms with Gasteiger partial charge >= 0.3 is 0 Å². The zero-order chi connectivity index (χ0) is 14.9. The van der Waals surface area contributed by atoms with E-state index in [-0.39, 0.29) is 0 Å². The Kier molecular flexibility index (Phi) is 6.12. The number of methoxy groups -OCH3 is 2. The molecule has 0 bridgehead atoms. The summed E-state index contributed by atoms with van der Waals surface area (Å²) >= 11 is 1.37. The van der Waals surface area contributed by atoms with Crippen molar-refractivity contribution in [2.45, 2.75) is 6.54 Å². The van der Waals surface area contributed by atoms with Gasteiger partial charge in [-0.2, -0.15) is 0 Å². The normalized spacial score (nSPS) is 11.2. The number of para-hydroxylation sites is 1. The van der Waals surface area contributed by atoms with Crippen molar-refractivity contribution in [3.63, 3.8) is 0 Å². The number of rotatable bonds is 5. The Bertz CT molecular complexity index is 571. The number of aliphatic imine (C=N–C) groups is 1. The van der Waals surface area contributed by atoms with Crippen molar-refractivity contribution in [3.05, 3.63) is 60.2 Å². The predicted octanol–water partition coefficient (Wildman–Crippen LogP) is 3.77. The summed E-state index contributed by atoms with van der Waals surface area (Å²) < 4.78 is 13.6. The van der Waals surface area contributed by atoms with Gasteiger partial charge in [0, 0.05) is 18.5 Å². The van der Waals surface area contributed by atoms with Crippen LogP contribution in [0.5, 0.6) is 5.75 Å². The summed E-state index contributed by atoms with van der Waals surface area (Å²) in [5.74, 6) is 0.856. The maximum Gasteiger partial charge on any atom is 0.266 e. The molecule has 0 aliphatic carbocycles. The van der Waals surface area contributed by atoms with Crippen molar-refractivity contribution in [3.8, 4) is 5.75 Å². The third-order valence-electron chi connectivity index (χ3n) is 2.75. The fourth-order valence-electron chi connectivity index (χ4n) is 1.64. The lowest BCUT2D eigenvalue weighted by Crippen LogP contribution is -2.09. The van der Waals surface area contributed by atoms with Crippen LogP contribution >= 0.6 is 11.9 Å². The Hall–Kier alpha value is -1.98. The largest absolute Gasteiger partial charge is 0.497 e. The highest BCUT2D eigenvalue weighted by Gasteiger charge is 2.01. The number of nitrogens with one attached hydrogen (secondary N) is 1. The second-order valence-corrected chi connectivity index (χ2v) is 5.03. The van der Waals surface area contributed by atoms with E-state index in [0.717, 1.165) is 11.4 Å². The Morgan fingerprint density at radius 1 is 1.05 bits per heavy atom. The minimum absolute atomic E-state index is 0.578. The average molecular weight is 302 g/mol. The van der Waals surface area contributed by atoms with E-state index >= 15 is 0 Å². The molecule has 0 aliphatic heterocycles. The Morgan fingerprint density at radius 3 is 2.38 bits per heavy atom. The monoisotopic (exact) mass is 302 g/mol. The van der Waals surface area contributed by atoms with Crippen LogP contribution in [0.25, 0.3) is 0 Å². The molecule has 0 aromatic heterocycles. The molecule has 0 atom stereocenters. The van der Waals surface area contributed by atoms with E-state index < -0.39 is 0 Å². The van der Waals surface area contributed by atoms with Gasteiger partial charge in [0.2, 0.25) is 0 Å². The van der Waals surface area contributed by atoms with E-state index in [4.69, 9.17) is 9.47 Å².